The fraction of sp³-hybridized carbons (Fsp3) is 0.120. The molecule has 180 valence electrons. The minimum absolute atomic E-state index is 0.00185. The Balaban J connectivity index is 1.68. The molecule has 1 aliphatic rings. The third-order valence-electron chi connectivity index (χ3n) is 5.00. The van der Waals surface area contributed by atoms with Crippen LogP contribution in [0.5, 0.6) is 11.5 Å². The molecule has 10 heteroatoms. The van der Waals surface area contributed by atoms with E-state index in [4.69, 9.17) is 20.5 Å². The molecule has 1 amide bonds. The summed E-state index contributed by atoms with van der Waals surface area (Å²) < 4.78 is 37.1. The Morgan fingerprint density at radius 2 is 1.77 bits per heavy atom. The quantitative estimate of drug-likeness (QED) is 0.252. The van der Waals surface area contributed by atoms with Gasteiger partial charge in [-0.15, -0.1) is 0 Å². The lowest BCUT2D eigenvalue weighted by Crippen LogP contribution is -2.21. The number of carbonyl (C=O) groups is 1. The van der Waals surface area contributed by atoms with Crippen LogP contribution in [-0.2, 0) is 14.9 Å². The van der Waals surface area contributed by atoms with Gasteiger partial charge in [-0.25, -0.2) is 0 Å². The summed E-state index contributed by atoms with van der Waals surface area (Å²) >= 11 is 9.25. The van der Waals surface area contributed by atoms with Crippen LogP contribution in [0.25, 0.3) is 6.08 Å². The molecule has 4 rings (SSSR count). The van der Waals surface area contributed by atoms with E-state index < -0.39 is 10.1 Å². The Morgan fingerprint density at radius 1 is 1.09 bits per heavy atom. The third-order valence-corrected chi connectivity index (χ3v) is 7.08. The van der Waals surface area contributed by atoms with E-state index >= 15 is 0 Å². The van der Waals surface area contributed by atoms with Gasteiger partial charge in [0.25, 0.3) is 5.91 Å². The molecule has 0 fully saturated rings. The lowest BCUT2D eigenvalue weighted by atomic mass is 10.1. The molecule has 7 nitrogen and oxygen atoms in total. The molecule has 0 radical (unpaired) electrons. The van der Waals surface area contributed by atoms with E-state index in [1.54, 1.807) is 44.2 Å². The molecule has 0 atom stereocenters. The molecule has 1 heterocycles. The van der Waals surface area contributed by atoms with Crippen molar-refractivity contribution in [3.8, 4) is 11.5 Å². The molecule has 35 heavy (non-hydrogen) atoms. The second-order valence-electron chi connectivity index (χ2n) is 7.45. The van der Waals surface area contributed by atoms with Crippen LogP contribution in [-0.4, -0.2) is 26.6 Å². The van der Waals surface area contributed by atoms with Gasteiger partial charge in [-0.3, -0.25) is 4.79 Å². The highest BCUT2D eigenvalue weighted by Crippen LogP contribution is 2.39. The van der Waals surface area contributed by atoms with Gasteiger partial charge in [0, 0.05) is 5.02 Å². The fourth-order valence-corrected chi connectivity index (χ4v) is 5.10. The van der Waals surface area contributed by atoms with Gasteiger partial charge < -0.3 is 8.92 Å². The SMILES string of the molecule is CCOc1cc(/C=C2/C(=O)N(c3ccccc3)N=C2C)cc(Br)c1OS(=O)(=O)c1ccc(Cl)cc1. The number of halogens is 2. The van der Waals surface area contributed by atoms with Crippen molar-refractivity contribution in [1.82, 2.24) is 0 Å². The van der Waals surface area contributed by atoms with Crippen molar-refractivity contribution >= 4 is 61.0 Å². The number of hydrogen-bond donors (Lipinski definition) is 0. The number of hydrogen-bond acceptors (Lipinski definition) is 6. The number of benzene rings is 3. The Labute approximate surface area is 216 Å². The number of hydrazone groups is 1. The van der Waals surface area contributed by atoms with E-state index in [1.165, 1.54) is 29.3 Å². The van der Waals surface area contributed by atoms with Crippen LogP contribution in [0, 0.1) is 0 Å². The number of nitrogens with zero attached hydrogens (tertiary/aromatic N) is 2. The van der Waals surface area contributed by atoms with Gasteiger partial charge in [-0.1, -0.05) is 29.8 Å². The number of ether oxygens (including phenoxy) is 1. The predicted octanol–water partition coefficient (Wildman–Crippen LogP) is 6.08. The van der Waals surface area contributed by atoms with E-state index in [0.717, 1.165) is 0 Å². The summed E-state index contributed by atoms with van der Waals surface area (Å²) in [7, 11) is -4.15. The number of carbonyl (C=O) groups excluding carboxylic acids is 1. The Morgan fingerprint density at radius 3 is 2.43 bits per heavy atom. The van der Waals surface area contributed by atoms with Crippen molar-refractivity contribution in [2.75, 3.05) is 11.6 Å². The number of rotatable bonds is 7. The molecule has 3 aromatic carbocycles. The van der Waals surface area contributed by atoms with Gasteiger partial charge in [0.05, 0.1) is 28.1 Å². The molecule has 0 bridgehead atoms. The lowest BCUT2D eigenvalue weighted by Gasteiger charge is -2.15. The van der Waals surface area contributed by atoms with Gasteiger partial charge >= 0.3 is 10.1 Å². The zero-order chi connectivity index (χ0) is 25.2. The first-order valence-electron chi connectivity index (χ1n) is 10.5. The fourth-order valence-electron chi connectivity index (χ4n) is 3.37. The van der Waals surface area contributed by atoms with E-state index in [2.05, 4.69) is 21.0 Å². The average molecular weight is 576 g/mol. The molecule has 3 aromatic rings. The van der Waals surface area contributed by atoms with Crippen molar-refractivity contribution in [1.29, 1.82) is 0 Å². The lowest BCUT2D eigenvalue weighted by molar-refractivity contribution is -0.114. The first-order valence-corrected chi connectivity index (χ1v) is 13.1. The van der Waals surface area contributed by atoms with Gasteiger partial charge in [-0.2, -0.15) is 18.5 Å². The molecular weight excluding hydrogens is 556 g/mol. The summed E-state index contributed by atoms with van der Waals surface area (Å²) in [6.45, 7) is 3.79. The molecule has 1 aliphatic heterocycles. The zero-order valence-electron chi connectivity index (χ0n) is 18.7. The Hall–Kier alpha value is -3.14. The van der Waals surface area contributed by atoms with Crippen LogP contribution in [0.3, 0.4) is 0 Å². The first kappa shape index (κ1) is 25.0. The summed E-state index contributed by atoms with van der Waals surface area (Å²) in [6.07, 6.45) is 1.68. The van der Waals surface area contributed by atoms with Crippen LogP contribution in [0.2, 0.25) is 5.02 Å². The Bertz CT molecular complexity index is 1440. The van der Waals surface area contributed by atoms with Gasteiger partial charge in [0.15, 0.2) is 11.5 Å². The minimum atomic E-state index is -4.15. The van der Waals surface area contributed by atoms with E-state index in [-0.39, 0.29) is 28.9 Å². The molecule has 0 aromatic heterocycles. The largest absolute Gasteiger partial charge is 0.490 e. The summed E-state index contributed by atoms with van der Waals surface area (Å²) in [5, 5.41) is 6.13. The van der Waals surface area contributed by atoms with Crippen LogP contribution in [0.15, 0.2) is 86.8 Å². The van der Waals surface area contributed by atoms with Crippen molar-refractivity contribution in [3.05, 3.63) is 87.4 Å². The molecule has 0 spiro atoms. The van der Waals surface area contributed by atoms with Crippen molar-refractivity contribution in [3.63, 3.8) is 0 Å². The molecule has 0 unspecified atom stereocenters. The summed E-state index contributed by atoms with van der Waals surface area (Å²) in [6, 6.07) is 18.0. The molecule has 0 saturated heterocycles. The van der Waals surface area contributed by atoms with Crippen molar-refractivity contribution in [2.24, 2.45) is 5.10 Å². The summed E-state index contributed by atoms with van der Waals surface area (Å²) in [4.78, 5) is 13.0. The molecule has 0 N–H and O–H groups in total. The predicted molar refractivity (Wildman–Crippen MR) is 140 cm³/mol. The van der Waals surface area contributed by atoms with Crippen LogP contribution in [0.4, 0.5) is 5.69 Å². The number of para-hydroxylation sites is 1. The average Bonchev–Trinajstić information content (AvgIpc) is 3.10. The highest BCUT2D eigenvalue weighted by atomic mass is 79.9. The first-order chi connectivity index (χ1) is 16.7. The van der Waals surface area contributed by atoms with Crippen LogP contribution in [0.1, 0.15) is 19.4 Å². The topological polar surface area (TPSA) is 85.3 Å². The second kappa shape index (κ2) is 10.2. The van der Waals surface area contributed by atoms with Crippen LogP contribution < -0.4 is 13.9 Å². The number of anilines is 1. The number of amides is 1. The summed E-state index contributed by atoms with van der Waals surface area (Å²) in [5.74, 6) is -0.0716. The maximum Gasteiger partial charge on any atom is 0.339 e. The van der Waals surface area contributed by atoms with E-state index in [1.807, 2.05) is 18.2 Å². The molecule has 0 saturated carbocycles. The highest BCUT2D eigenvalue weighted by molar-refractivity contribution is 9.10. The Kier molecular flexibility index (Phi) is 7.30. The van der Waals surface area contributed by atoms with Gasteiger partial charge in [-0.05, 0) is 89.9 Å². The zero-order valence-corrected chi connectivity index (χ0v) is 21.9. The van der Waals surface area contributed by atoms with Crippen molar-refractivity contribution in [2.45, 2.75) is 18.7 Å². The van der Waals surface area contributed by atoms with E-state index in [9.17, 15) is 13.2 Å². The maximum atomic E-state index is 13.0. The third kappa shape index (κ3) is 5.42. The van der Waals surface area contributed by atoms with Gasteiger partial charge in [0.2, 0.25) is 0 Å². The normalized spacial score (nSPS) is 14.9. The van der Waals surface area contributed by atoms with Crippen LogP contribution >= 0.6 is 27.5 Å². The van der Waals surface area contributed by atoms with E-state index in [0.29, 0.717) is 32.0 Å². The van der Waals surface area contributed by atoms with Crippen molar-refractivity contribution < 1.29 is 22.1 Å². The maximum absolute atomic E-state index is 13.0. The van der Waals surface area contributed by atoms with Gasteiger partial charge in [0.1, 0.15) is 4.90 Å². The minimum Gasteiger partial charge on any atom is -0.490 e. The highest BCUT2D eigenvalue weighted by Gasteiger charge is 2.29. The summed E-state index contributed by atoms with van der Waals surface area (Å²) in [5.41, 5.74) is 2.22. The standard InChI is InChI=1S/C25H20BrClN2O5S/c1-3-33-23-15-17(13-21-16(2)28-29(25(21)30)19-7-5-4-6-8-19)14-22(26)24(23)34-35(31,32)20-11-9-18(27)10-12-20/h4-15H,3H2,1-2H3/b21-13+. The second-order valence-corrected chi connectivity index (χ2v) is 10.3. The monoisotopic (exact) mass is 574 g/mol. The molecular formula is C25H20BrClN2O5S. The smallest absolute Gasteiger partial charge is 0.339 e. The molecule has 0 aliphatic carbocycles.